The largest absolute Gasteiger partial charge is 0.306 e. The van der Waals surface area contributed by atoms with Crippen molar-refractivity contribution in [1.29, 1.82) is 0 Å². The molecule has 0 spiro atoms. The lowest BCUT2D eigenvalue weighted by Gasteiger charge is -2.04. The predicted molar refractivity (Wildman–Crippen MR) is 42.8 cm³/mol. The Morgan fingerprint density at radius 2 is 2.20 bits per heavy atom. The van der Waals surface area contributed by atoms with Crippen LogP contribution in [0.2, 0.25) is 0 Å². The minimum atomic E-state index is -3.16. The van der Waals surface area contributed by atoms with Crippen LogP contribution in [0.25, 0.3) is 0 Å². The summed E-state index contributed by atoms with van der Waals surface area (Å²) in [5.74, 6) is -0.626. The second-order valence-corrected chi connectivity index (χ2v) is 5.32. The standard InChI is InChI=1S/C5H10O3S2/c1-4(5(2)6)3-10(7,8)9/h4H,3H2,1-2H3,(H,7,8,9). The van der Waals surface area contributed by atoms with Crippen molar-refractivity contribution >= 4 is 25.7 Å². The van der Waals surface area contributed by atoms with E-state index >= 15 is 0 Å². The van der Waals surface area contributed by atoms with E-state index in [9.17, 15) is 9.00 Å². The topological polar surface area (TPSA) is 54.4 Å². The minimum Gasteiger partial charge on any atom is -0.306 e. The van der Waals surface area contributed by atoms with Gasteiger partial charge in [0.25, 0.3) is 0 Å². The van der Waals surface area contributed by atoms with Gasteiger partial charge in [0.2, 0.25) is 0 Å². The van der Waals surface area contributed by atoms with Crippen LogP contribution in [0.4, 0.5) is 0 Å². The smallest absolute Gasteiger partial charge is 0.142 e. The summed E-state index contributed by atoms with van der Waals surface area (Å²) in [5, 5.41) is 0. The van der Waals surface area contributed by atoms with Crippen LogP contribution in [0, 0.1) is 5.92 Å². The molecular formula is C5H10O3S2. The maximum Gasteiger partial charge on any atom is 0.142 e. The molecule has 0 radical (unpaired) electrons. The van der Waals surface area contributed by atoms with E-state index in [1.54, 1.807) is 6.92 Å². The van der Waals surface area contributed by atoms with E-state index in [-0.39, 0.29) is 11.5 Å². The minimum absolute atomic E-state index is 0.105. The lowest BCUT2D eigenvalue weighted by Crippen LogP contribution is -2.17. The number of ketones is 1. The van der Waals surface area contributed by atoms with E-state index in [1.165, 1.54) is 6.92 Å². The third kappa shape index (κ3) is 4.84. The zero-order chi connectivity index (χ0) is 8.36. The Balaban J connectivity index is 4.06. The van der Waals surface area contributed by atoms with Crippen molar-refractivity contribution in [3.63, 3.8) is 0 Å². The van der Waals surface area contributed by atoms with Crippen molar-refractivity contribution in [2.45, 2.75) is 13.8 Å². The molecule has 5 heteroatoms. The van der Waals surface area contributed by atoms with Crippen LogP contribution in [0.5, 0.6) is 0 Å². The maximum absolute atomic E-state index is 10.5. The van der Waals surface area contributed by atoms with E-state index in [4.69, 9.17) is 4.55 Å². The molecule has 0 rings (SSSR count). The van der Waals surface area contributed by atoms with Gasteiger partial charge in [-0.05, 0) is 6.92 Å². The highest BCUT2D eigenvalue weighted by molar-refractivity contribution is 8.29. The van der Waals surface area contributed by atoms with Gasteiger partial charge in [0.05, 0.1) is 5.75 Å². The van der Waals surface area contributed by atoms with Crippen LogP contribution in [-0.4, -0.2) is 20.3 Å². The average molecular weight is 182 g/mol. The van der Waals surface area contributed by atoms with Gasteiger partial charge < -0.3 is 4.55 Å². The Morgan fingerprint density at radius 1 is 1.80 bits per heavy atom. The van der Waals surface area contributed by atoms with Gasteiger partial charge in [-0.1, -0.05) is 6.92 Å². The maximum atomic E-state index is 10.5. The normalized spacial score (nSPS) is 19.5. The molecule has 60 valence electrons. The molecule has 0 amide bonds. The molecule has 1 N–H and O–H groups in total. The monoisotopic (exact) mass is 182 g/mol. The predicted octanol–water partition coefficient (Wildman–Crippen LogP) is 0.431. The second-order valence-electron chi connectivity index (χ2n) is 2.26. The highest BCUT2D eigenvalue weighted by atomic mass is 32.8. The van der Waals surface area contributed by atoms with E-state index in [0.717, 1.165) is 0 Å². The fourth-order valence-corrected chi connectivity index (χ4v) is 1.91. The lowest BCUT2D eigenvalue weighted by molar-refractivity contribution is -0.119. The summed E-state index contributed by atoms with van der Waals surface area (Å²) in [6, 6.07) is 0. The summed E-state index contributed by atoms with van der Waals surface area (Å²) in [5.41, 5.74) is 0. The Hall–Kier alpha value is -0.0000000000000000555. The van der Waals surface area contributed by atoms with E-state index < -0.39 is 14.7 Å². The molecule has 0 aliphatic rings. The number of rotatable bonds is 3. The first-order valence-corrected chi connectivity index (χ1v) is 5.39. The molecule has 0 aromatic heterocycles. The number of carbonyl (C=O) groups is 1. The molecule has 0 saturated carbocycles. The van der Waals surface area contributed by atoms with Crippen molar-refractivity contribution in [1.82, 2.24) is 0 Å². The molecular weight excluding hydrogens is 172 g/mol. The van der Waals surface area contributed by atoms with Gasteiger partial charge in [-0.15, -0.1) is 0 Å². The van der Waals surface area contributed by atoms with E-state index in [2.05, 4.69) is 11.2 Å². The molecule has 10 heavy (non-hydrogen) atoms. The van der Waals surface area contributed by atoms with Gasteiger partial charge in [0.15, 0.2) is 0 Å². The Bertz CT molecular complexity index is 217. The van der Waals surface area contributed by atoms with Gasteiger partial charge in [-0.3, -0.25) is 4.79 Å². The molecule has 0 aliphatic carbocycles. The highest BCUT2D eigenvalue weighted by Gasteiger charge is 2.12. The second kappa shape index (κ2) is 3.41. The Morgan fingerprint density at radius 3 is 2.30 bits per heavy atom. The lowest BCUT2D eigenvalue weighted by atomic mass is 10.1. The summed E-state index contributed by atoms with van der Waals surface area (Å²) < 4.78 is 19.1. The van der Waals surface area contributed by atoms with E-state index in [0.29, 0.717) is 0 Å². The van der Waals surface area contributed by atoms with Crippen molar-refractivity contribution in [3.8, 4) is 0 Å². The van der Waals surface area contributed by atoms with Gasteiger partial charge in [0.1, 0.15) is 14.6 Å². The fraction of sp³-hybridized carbons (Fsp3) is 0.800. The average Bonchev–Trinajstić information content (AvgIpc) is 1.60. The number of hydrogen-bond donors (Lipinski definition) is 1. The molecule has 2 atom stereocenters. The van der Waals surface area contributed by atoms with Crippen molar-refractivity contribution in [2.75, 3.05) is 5.75 Å². The summed E-state index contributed by atoms with van der Waals surface area (Å²) in [4.78, 5) is 10.5. The molecule has 0 heterocycles. The van der Waals surface area contributed by atoms with Crippen LogP contribution in [0.1, 0.15) is 13.8 Å². The SMILES string of the molecule is CC(=O)C(C)CS(=O)(O)=S. The summed E-state index contributed by atoms with van der Waals surface area (Å²) in [7, 11) is -3.16. The summed E-state index contributed by atoms with van der Waals surface area (Å²) >= 11 is 4.21. The number of carbonyl (C=O) groups excluding carboxylic acids is 1. The molecule has 2 unspecified atom stereocenters. The number of Topliss-reactive ketones (excluding diaryl/α,β-unsaturated/α-hetero) is 1. The first-order chi connectivity index (χ1) is 4.33. The van der Waals surface area contributed by atoms with Crippen LogP contribution < -0.4 is 0 Å². The van der Waals surface area contributed by atoms with Crippen LogP contribution >= 0.6 is 0 Å². The van der Waals surface area contributed by atoms with Crippen molar-refractivity contribution in [3.05, 3.63) is 0 Å². The quantitative estimate of drug-likeness (QED) is 0.687. The van der Waals surface area contributed by atoms with Gasteiger partial charge >= 0.3 is 0 Å². The van der Waals surface area contributed by atoms with Gasteiger partial charge in [-0.25, -0.2) is 4.21 Å². The molecule has 0 aromatic carbocycles. The molecule has 0 fully saturated rings. The summed E-state index contributed by atoms with van der Waals surface area (Å²) in [6.07, 6.45) is 0. The third-order valence-electron chi connectivity index (χ3n) is 1.15. The number of hydrogen-bond acceptors (Lipinski definition) is 3. The van der Waals surface area contributed by atoms with Crippen molar-refractivity contribution < 1.29 is 13.6 Å². The first kappa shape index (κ1) is 10.0. The van der Waals surface area contributed by atoms with Gasteiger partial charge in [-0.2, -0.15) is 0 Å². The summed E-state index contributed by atoms with van der Waals surface area (Å²) in [6.45, 7) is 2.97. The zero-order valence-electron chi connectivity index (χ0n) is 5.86. The van der Waals surface area contributed by atoms with Crippen LogP contribution in [0.15, 0.2) is 0 Å². The molecule has 0 bridgehead atoms. The molecule has 0 saturated heterocycles. The van der Waals surface area contributed by atoms with Crippen molar-refractivity contribution in [2.24, 2.45) is 5.92 Å². The zero-order valence-corrected chi connectivity index (χ0v) is 7.50. The Labute approximate surface area is 65.3 Å². The van der Waals surface area contributed by atoms with E-state index in [1.807, 2.05) is 0 Å². The molecule has 0 aromatic rings. The highest BCUT2D eigenvalue weighted by Crippen LogP contribution is 2.00. The van der Waals surface area contributed by atoms with Gasteiger partial charge in [0, 0.05) is 17.1 Å². The van der Waals surface area contributed by atoms with Crippen LogP contribution in [0.3, 0.4) is 0 Å². The third-order valence-corrected chi connectivity index (χ3v) is 2.48. The Kier molecular flexibility index (Phi) is 3.41. The first-order valence-electron chi connectivity index (χ1n) is 2.78. The van der Waals surface area contributed by atoms with Crippen LogP contribution in [-0.2, 0) is 24.8 Å². The molecule has 3 nitrogen and oxygen atoms in total. The molecule has 0 aliphatic heterocycles. The fourth-order valence-electron chi connectivity index (χ4n) is 0.433.